The Hall–Kier alpha value is -0.830. The van der Waals surface area contributed by atoms with Gasteiger partial charge < -0.3 is 4.74 Å². The van der Waals surface area contributed by atoms with E-state index in [0.717, 1.165) is 23.1 Å². The van der Waals surface area contributed by atoms with Gasteiger partial charge in [0.05, 0.1) is 17.1 Å². The second-order valence-electron chi connectivity index (χ2n) is 3.55. The fourth-order valence-corrected chi connectivity index (χ4v) is 2.16. The molecule has 1 aromatic heterocycles. The Labute approximate surface area is 96.8 Å². The molecular weight excluding hydrogens is 233 g/mol. The standard InChI is InChI=1S/C11H7Cl2NO/c12-8-2-6-1-7(10-5-15-10)4-14-11(6)9(13)3-8/h1-4,10H,5H2. The molecule has 0 N–H and O–H groups in total. The molecule has 4 heteroatoms. The van der Waals surface area contributed by atoms with Gasteiger partial charge in [-0.15, -0.1) is 0 Å². The molecule has 3 rings (SSSR count). The number of ether oxygens (including phenoxy) is 1. The number of halogens is 2. The Morgan fingerprint density at radius 3 is 2.80 bits per heavy atom. The van der Waals surface area contributed by atoms with Crippen LogP contribution in [0.15, 0.2) is 24.4 Å². The quantitative estimate of drug-likeness (QED) is 0.711. The Morgan fingerprint density at radius 2 is 2.07 bits per heavy atom. The minimum Gasteiger partial charge on any atom is -0.368 e. The van der Waals surface area contributed by atoms with E-state index < -0.39 is 0 Å². The first-order valence-electron chi connectivity index (χ1n) is 4.60. The number of epoxide rings is 1. The highest BCUT2D eigenvalue weighted by molar-refractivity contribution is 6.38. The molecular formula is C11H7Cl2NO. The van der Waals surface area contributed by atoms with Gasteiger partial charge >= 0.3 is 0 Å². The van der Waals surface area contributed by atoms with Crippen LogP contribution in [0.4, 0.5) is 0 Å². The van der Waals surface area contributed by atoms with E-state index in [0.29, 0.717) is 10.0 Å². The van der Waals surface area contributed by atoms with Crippen molar-refractivity contribution in [2.75, 3.05) is 6.61 Å². The highest BCUT2D eigenvalue weighted by Crippen LogP contribution is 2.33. The van der Waals surface area contributed by atoms with Crippen LogP contribution in [-0.4, -0.2) is 11.6 Å². The van der Waals surface area contributed by atoms with E-state index >= 15 is 0 Å². The van der Waals surface area contributed by atoms with E-state index in [-0.39, 0.29) is 6.10 Å². The van der Waals surface area contributed by atoms with Crippen molar-refractivity contribution in [3.05, 3.63) is 40.0 Å². The maximum absolute atomic E-state index is 6.03. The van der Waals surface area contributed by atoms with Crippen LogP contribution in [0, 0.1) is 0 Å². The Kier molecular flexibility index (Phi) is 2.09. The van der Waals surface area contributed by atoms with Gasteiger partial charge in [0.25, 0.3) is 0 Å². The summed E-state index contributed by atoms with van der Waals surface area (Å²) < 4.78 is 5.20. The van der Waals surface area contributed by atoms with Gasteiger partial charge in [-0.05, 0) is 18.2 Å². The number of nitrogens with zero attached hydrogens (tertiary/aromatic N) is 1. The smallest absolute Gasteiger partial charge is 0.107 e. The normalized spacial score (nSPS) is 19.5. The molecule has 1 aliphatic rings. The van der Waals surface area contributed by atoms with Crippen LogP contribution in [0.2, 0.25) is 10.0 Å². The molecule has 1 aliphatic heterocycles. The molecule has 2 nitrogen and oxygen atoms in total. The molecule has 0 spiro atoms. The predicted molar refractivity (Wildman–Crippen MR) is 60.5 cm³/mol. The third-order valence-electron chi connectivity index (χ3n) is 2.43. The molecule has 1 saturated heterocycles. The summed E-state index contributed by atoms with van der Waals surface area (Å²) in [4.78, 5) is 4.31. The summed E-state index contributed by atoms with van der Waals surface area (Å²) in [6.45, 7) is 0.779. The maximum atomic E-state index is 6.03. The van der Waals surface area contributed by atoms with Crippen LogP contribution >= 0.6 is 23.2 Å². The Balaban J connectivity index is 2.24. The van der Waals surface area contributed by atoms with Gasteiger partial charge in [-0.3, -0.25) is 4.98 Å². The second kappa shape index (κ2) is 3.34. The lowest BCUT2D eigenvalue weighted by Crippen LogP contribution is -1.86. The number of hydrogen-bond donors (Lipinski definition) is 0. The van der Waals surface area contributed by atoms with E-state index in [9.17, 15) is 0 Å². The molecule has 0 bridgehead atoms. The van der Waals surface area contributed by atoms with Crippen LogP contribution in [0.5, 0.6) is 0 Å². The number of hydrogen-bond acceptors (Lipinski definition) is 2. The Morgan fingerprint density at radius 1 is 1.27 bits per heavy atom. The van der Waals surface area contributed by atoms with Gasteiger partial charge in [-0.2, -0.15) is 0 Å². The van der Waals surface area contributed by atoms with E-state index in [4.69, 9.17) is 27.9 Å². The molecule has 2 heterocycles. The zero-order chi connectivity index (χ0) is 10.4. The number of benzene rings is 1. The minimum atomic E-state index is 0.208. The molecule has 1 aromatic carbocycles. The number of pyridine rings is 1. The van der Waals surface area contributed by atoms with Gasteiger partial charge in [-0.1, -0.05) is 23.2 Å². The monoisotopic (exact) mass is 239 g/mol. The van der Waals surface area contributed by atoms with Gasteiger partial charge in [0.2, 0.25) is 0 Å². The first-order chi connectivity index (χ1) is 7.24. The average molecular weight is 240 g/mol. The van der Waals surface area contributed by atoms with Gasteiger partial charge in [-0.25, -0.2) is 0 Å². The maximum Gasteiger partial charge on any atom is 0.107 e. The molecule has 2 aromatic rings. The van der Waals surface area contributed by atoms with E-state index in [1.807, 2.05) is 12.1 Å². The van der Waals surface area contributed by atoms with Crippen molar-refractivity contribution in [2.45, 2.75) is 6.10 Å². The average Bonchev–Trinajstić information content (AvgIpc) is 2.99. The summed E-state index contributed by atoms with van der Waals surface area (Å²) in [5.41, 5.74) is 1.87. The van der Waals surface area contributed by atoms with E-state index in [2.05, 4.69) is 4.98 Å². The lowest BCUT2D eigenvalue weighted by molar-refractivity contribution is 0.415. The van der Waals surface area contributed by atoms with Crippen LogP contribution in [0.1, 0.15) is 11.7 Å². The fraction of sp³-hybridized carbons (Fsp3) is 0.182. The molecule has 1 fully saturated rings. The van der Waals surface area contributed by atoms with Crippen LogP contribution in [0.3, 0.4) is 0 Å². The molecule has 0 aliphatic carbocycles. The van der Waals surface area contributed by atoms with E-state index in [1.54, 1.807) is 12.3 Å². The zero-order valence-corrected chi connectivity index (χ0v) is 9.22. The molecule has 0 saturated carbocycles. The summed E-state index contributed by atoms with van der Waals surface area (Å²) in [6.07, 6.45) is 2.01. The first-order valence-corrected chi connectivity index (χ1v) is 5.36. The summed E-state index contributed by atoms with van der Waals surface area (Å²) >= 11 is 12.0. The van der Waals surface area contributed by atoms with Crippen molar-refractivity contribution < 1.29 is 4.74 Å². The molecule has 1 atom stereocenters. The summed E-state index contributed by atoms with van der Waals surface area (Å²) in [7, 11) is 0. The van der Waals surface area contributed by atoms with Crippen molar-refractivity contribution in [2.24, 2.45) is 0 Å². The Bertz CT molecular complexity index is 537. The lowest BCUT2D eigenvalue weighted by atomic mass is 10.1. The number of aromatic nitrogens is 1. The van der Waals surface area contributed by atoms with E-state index in [1.165, 1.54) is 0 Å². The van der Waals surface area contributed by atoms with Crippen molar-refractivity contribution in [3.8, 4) is 0 Å². The summed E-state index contributed by atoms with van der Waals surface area (Å²) in [6, 6.07) is 5.59. The molecule has 0 radical (unpaired) electrons. The van der Waals surface area contributed by atoms with Gasteiger partial charge in [0.1, 0.15) is 6.10 Å². The van der Waals surface area contributed by atoms with Crippen LogP contribution in [0.25, 0.3) is 10.9 Å². The third-order valence-corrected chi connectivity index (χ3v) is 2.93. The van der Waals surface area contributed by atoms with Crippen molar-refractivity contribution in [3.63, 3.8) is 0 Å². The largest absolute Gasteiger partial charge is 0.368 e. The number of rotatable bonds is 1. The van der Waals surface area contributed by atoms with Crippen molar-refractivity contribution in [1.82, 2.24) is 4.98 Å². The minimum absolute atomic E-state index is 0.208. The first kappa shape index (κ1) is 9.40. The van der Waals surface area contributed by atoms with Crippen LogP contribution < -0.4 is 0 Å². The molecule has 76 valence electrons. The van der Waals surface area contributed by atoms with Crippen molar-refractivity contribution in [1.29, 1.82) is 0 Å². The molecule has 0 amide bonds. The molecule has 1 unspecified atom stereocenters. The topological polar surface area (TPSA) is 25.4 Å². The number of fused-ring (bicyclic) bond motifs is 1. The SMILES string of the molecule is Clc1cc(Cl)c2ncc(C3CO3)cc2c1. The fourth-order valence-electron chi connectivity index (χ4n) is 1.60. The highest BCUT2D eigenvalue weighted by atomic mass is 35.5. The van der Waals surface area contributed by atoms with Crippen molar-refractivity contribution >= 4 is 34.1 Å². The second-order valence-corrected chi connectivity index (χ2v) is 4.39. The van der Waals surface area contributed by atoms with Crippen LogP contribution in [-0.2, 0) is 4.74 Å². The summed E-state index contributed by atoms with van der Waals surface area (Å²) in [5, 5.41) is 2.17. The molecule has 15 heavy (non-hydrogen) atoms. The third kappa shape index (κ3) is 1.69. The van der Waals surface area contributed by atoms with Gasteiger partial charge in [0, 0.05) is 22.2 Å². The lowest BCUT2D eigenvalue weighted by Gasteiger charge is -2.02. The van der Waals surface area contributed by atoms with Gasteiger partial charge in [0.15, 0.2) is 0 Å². The predicted octanol–water partition coefficient (Wildman–Crippen LogP) is 3.61. The summed E-state index contributed by atoms with van der Waals surface area (Å²) in [5.74, 6) is 0. The zero-order valence-electron chi connectivity index (χ0n) is 7.71. The highest BCUT2D eigenvalue weighted by Gasteiger charge is 2.25.